The van der Waals surface area contributed by atoms with Crippen molar-refractivity contribution in [2.24, 2.45) is 0 Å². The number of alkyl carbamates (subject to hydrolysis) is 1. The first-order valence-corrected chi connectivity index (χ1v) is 5.37. The second kappa shape index (κ2) is 6.32. The third-order valence-electron chi connectivity index (χ3n) is 2.48. The Morgan fingerprint density at radius 3 is 2.88 bits per heavy atom. The van der Waals surface area contributed by atoms with E-state index in [1.54, 1.807) is 4.90 Å². The quantitative estimate of drug-likeness (QED) is 0.737. The first-order valence-electron chi connectivity index (χ1n) is 5.37. The summed E-state index contributed by atoms with van der Waals surface area (Å²) in [5.41, 5.74) is 0. The fourth-order valence-corrected chi connectivity index (χ4v) is 1.61. The maximum atomic E-state index is 11.6. The van der Waals surface area contributed by atoms with Crippen LogP contribution in [0.15, 0.2) is 0 Å². The molecule has 0 aromatic carbocycles. The molecule has 1 saturated heterocycles. The smallest absolute Gasteiger partial charge is 0.407 e. The Morgan fingerprint density at radius 1 is 1.50 bits per heavy atom. The van der Waals surface area contributed by atoms with Gasteiger partial charge in [-0.3, -0.25) is 4.79 Å². The van der Waals surface area contributed by atoms with Crippen molar-refractivity contribution in [3.05, 3.63) is 0 Å². The Morgan fingerprint density at radius 2 is 2.25 bits per heavy atom. The molecule has 1 aliphatic heterocycles. The van der Waals surface area contributed by atoms with Crippen molar-refractivity contribution in [1.82, 2.24) is 10.2 Å². The molecule has 2 amide bonds. The summed E-state index contributed by atoms with van der Waals surface area (Å²) < 4.78 is 9.54. The topological polar surface area (TPSA) is 67.9 Å². The normalized spacial score (nSPS) is 19.6. The summed E-state index contributed by atoms with van der Waals surface area (Å²) in [6.07, 6.45) is 0.302. The number of nitrogens with one attached hydrogen (secondary N) is 1. The molecule has 6 nitrogen and oxygen atoms in total. The van der Waals surface area contributed by atoms with Gasteiger partial charge in [-0.2, -0.15) is 0 Å². The number of carbonyl (C=O) groups is 2. The molecule has 0 bridgehead atoms. The maximum absolute atomic E-state index is 11.6. The first kappa shape index (κ1) is 12.8. The summed E-state index contributed by atoms with van der Waals surface area (Å²) in [4.78, 5) is 24.2. The summed E-state index contributed by atoms with van der Waals surface area (Å²) >= 11 is 0. The number of nitrogens with zero attached hydrogens (tertiary/aromatic N) is 1. The number of ether oxygens (including phenoxy) is 2. The van der Waals surface area contributed by atoms with Gasteiger partial charge in [0.2, 0.25) is 5.91 Å². The van der Waals surface area contributed by atoms with Crippen LogP contribution < -0.4 is 5.32 Å². The van der Waals surface area contributed by atoms with Gasteiger partial charge in [0, 0.05) is 19.7 Å². The molecule has 0 radical (unpaired) electrons. The Labute approximate surface area is 94.9 Å². The van der Waals surface area contributed by atoms with Gasteiger partial charge in [-0.1, -0.05) is 0 Å². The van der Waals surface area contributed by atoms with Crippen LogP contribution in [-0.2, 0) is 14.3 Å². The number of likely N-dealkylation sites (tertiary alicyclic amines) is 1. The van der Waals surface area contributed by atoms with Crippen molar-refractivity contribution < 1.29 is 19.1 Å². The molecule has 0 saturated carbocycles. The molecule has 1 atom stereocenters. The number of hydrogen-bond donors (Lipinski definition) is 1. The number of hydrogen-bond acceptors (Lipinski definition) is 4. The fourth-order valence-electron chi connectivity index (χ4n) is 1.61. The van der Waals surface area contributed by atoms with Crippen molar-refractivity contribution in [1.29, 1.82) is 0 Å². The summed E-state index contributed by atoms with van der Waals surface area (Å²) in [5, 5.41) is 2.67. The molecule has 1 heterocycles. The van der Waals surface area contributed by atoms with Gasteiger partial charge in [0.05, 0.1) is 13.2 Å². The van der Waals surface area contributed by atoms with Crippen molar-refractivity contribution in [3.63, 3.8) is 0 Å². The minimum Gasteiger partial charge on any atom is -0.453 e. The predicted octanol–water partition coefficient (Wildman–Crippen LogP) is -0.0202. The first-order chi connectivity index (χ1) is 7.67. The SMILES string of the molecule is CCOCC(=O)N1CCC(NC(=O)OC)C1. The van der Waals surface area contributed by atoms with E-state index in [-0.39, 0.29) is 18.6 Å². The molecular weight excluding hydrogens is 212 g/mol. The number of rotatable bonds is 4. The Bertz CT molecular complexity index is 257. The highest BCUT2D eigenvalue weighted by Gasteiger charge is 2.27. The lowest BCUT2D eigenvalue weighted by Gasteiger charge is -2.16. The van der Waals surface area contributed by atoms with Crippen LogP contribution in [0.5, 0.6) is 0 Å². The van der Waals surface area contributed by atoms with Gasteiger partial charge in [-0.25, -0.2) is 4.79 Å². The van der Waals surface area contributed by atoms with E-state index in [9.17, 15) is 9.59 Å². The van der Waals surface area contributed by atoms with E-state index in [1.807, 2.05) is 6.92 Å². The summed E-state index contributed by atoms with van der Waals surface area (Å²) in [5.74, 6) is -0.0315. The zero-order chi connectivity index (χ0) is 12.0. The van der Waals surface area contributed by atoms with Crippen LogP contribution in [0.2, 0.25) is 0 Å². The molecule has 0 aromatic rings. The van der Waals surface area contributed by atoms with Crippen LogP contribution in [0.3, 0.4) is 0 Å². The summed E-state index contributed by atoms with van der Waals surface area (Å²) in [6.45, 7) is 3.67. The van der Waals surface area contributed by atoms with E-state index in [1.165, 1.54) is 7.11 Å². The van der Waals surface area contributed by atoms with Crippen LogP contribution in [-0.4, -0.2) is 56.4 Å². The van der Waals surface area contributed by atoms with Crippen LogP contribution >= 0.6 is 0 Å². The minimum atomic E-state index is -0.455. The number of amides is 2. The second-order valence-electron chi connectivity index (χ2n) is 3.60. The highest BCUT2D eigenvalue weighted by Crippen LogP contribution is 2.09. The predicted molar refractivity (Wildman–Crippen MR) is 57.0 cm³/mol. The lowest BCUT2D eigenvalue weighted by molar-refractivity contribution is -0.134. The minimum absolute atomic E-state index is 0.0157. The van der Waals surface area contributed by atoms with Gasteiger partial charge in [0.25, 0.3) is 0 Å². The van der Waals surface area contributed by atoms with Crippen LogP contribution in [0.4, 0.5) is 4.79 Å². The average molecular weight is 230 g/mol. The van der Waals surface area contributed by atoms with Gasteiger partial charge in [0.15, 0.2) is 0 Å². The van der Waals surface area contributed by atoms with E-state index in [0.29, 0.717) is 19.7 Å². The zero-order valence-corrected chi connectivity index (χ0v) is 9.69. The molecule has 92 valence electrons. The Kier molecular flexibility index (Phi) is 5.04. The molecule has 1 aliphatic rings. The maximum Gasteiger partial charge on any atom is 0.407 e. The van der Waals surface area contributed by atoms with Gasteiger partial charge >= 0.3 is 6.09 Å². The second-order valence-corrected chi connectivity index (χ2v) is 3.60. The van der Waals surface area contributed by atoms with Crippen molar-refractivity contribution >= 4 is 12.0 Å². The molecule has 0 aliphatic carbocycles. The third kappa shape index (κ3) is 3.69. The molecule has 6 heteroatoms. The molecule has 1 unspecified atom stereocenters. The number of methoxy groups -OCH3 is 1. The summed E-state index contributed by atoms with van der Waals surface area (Å²) in [7, 11) is 1.32. The molecule has 1 N–H and O–H groups in total. The van der Waals surface area contributed by atoms with E-state index in [2.05, 4.69) is 10.1 Å². The lowest BCUT2D eigenvalue weighted by atomic mass is 10.3. The van der Waals surface area contributed by atoms with Crippen molar-refractivity contribution in [3.8, 4) is 0 Å². The van der Waals surface area contributed by atoms with E-state index < -0.39 is 6.09 Å². The highest BCUT2D eigenvalue weighted by molar-refractivity contribution is 5.78. The van der Waals surface area contributed by atoms with Gasteiger partial charge in [-0.05, 0) is 13.3 Å². The molecule has 16 heavy (non-hydrogen) atoms. The standard InChI is InChI=1S/C10H18N2O4/c1-3-16-7-9(13)12-5-4-8(6-12)11-10(14)15-2/h8H,3-7H2,1-2H3,(H,11,14). The molecule has 1 rings (SSSR count). The summed E-state index contributed by atoms with van der Waals surface area (Å²) in [6, 6.07) is -0.0157. The van der Waals surface area contributed by atoms with Crippen molar-refractivity contribution in [2.75, 3.05) is 33.4 Å². The van der Waals surface area contributed by atoms with Gasteiger partial charge in [-0.15, -0.1) is 0 Å². The lowest BCUT2D eigenvalue weighted by Crippen LogP contribution is -2.39. The monoisotopic (exact) mass is 230 g/mol. The molecule has 0 spiro atoms. The Hall–Kier alpha value is -1.30. The highest BCUT2D eigenvalue weighted by atomic mass is 16.5. The van der Waals surface area contributed by atoms with Crippen molar-refractivity contribution in [2.45, 2.75) is 19.4 Å². The van der Waals surface area contributed by atoms with Crippen LogP contribution in [0.1, 0.15) is 13.3 Å². The largest absolute Gasteiger partial charge is 0.453 e. The van der Waals surface area contributed by atoms with E-state index in [0.717, 1.165) is 6.42 Å². The third-order valence-corrected chi connectivity index (χ3v) is 2.48. The fraction of sp³-hybridized carbons (Fsp3) is 0.800. The molecular formula is C10H18N2O4. The molecule has 0 aromatic heterocycles. The zero-order valence-electron chi connectivity index (χ0n) is 9.69. The van der Waals surface area contributed by atoms with E-state index >= 15 is 0 Å². The van der Waals surface area contributed by atoms with Gasteiger partial charge in [0.1, 0.15) is 6.61 Å². The van der Waals surface area contributed by atoms with E-state index in [4.69, 9.17) is 4.74 Å². The average Bonchev–Trinajstić information content (AvgIpc) is 2.74. The van der Waals surface area contributed by atoms with Crippen LogP contribution in [0, 0.1) is 0 Å². The number of carbonyl (C=O) groups excluding carboxylic acids is 2. The Balaban J connectivity index is 2.28. The molecule has 1 fully saturated rings. The van der Waals surface area contributed by atoms with Crippen LogP contribution in [0.25, 0.3) is 0 Å². The van der Waals surface area contributed by atoms with Gasteiger partial charge < -0.3 is 19.7 Å².